The Morgan fingerprint density at radius 3 is 2.74 bits per heavy atom. The molecule has 1 aliphatic carbocycles. The molecular weight excluding hydrogens is 562 g/mol. The number of fused-ring (bicyclic) bond motifs is 2. The van der Waals surface area contributed by atoms with E-state index in [-0.39, 0.29) is 24.6 Å². The van der Waals surface area contributed by atoms with Crippen molar-refractivity contribution in [2.24, 2.45) is 0 Å². The molecule has 0 spiro atoms. The smallest absolute Gasteiger partial charge is 0.319 e. The van der Waals surface area contributed by atoms with Crippen LogP contribution in [0.3, 0.4) is 0 Å². The van der Waals surface area contributed by atoms with Gasteiger partial charge in [-0.15, -0.1) is 0 Å². The number of aromatic nitrogens is 2. The number of carbonyl (C=O) groups excluding carboxylic acids is 1. The van der Waals surface area contributed by atoms with Gasteiger partial charge in [0.1, 0.15) is 18.0 Å². The number of piperazine rings is 1. The summed E-state index contributed by atoms with van der Waals surface area (Å²) in [5.74, 6) is 0.720. The first-order valence-corrected chi connectivity index (χ1v) is 15.4. The molecule has 0 bridgehead atoms. The molecule has 1 saturated heterocycles. The fourth-order valence-corrected chi connectivity index (χ4v) is 7.21. The summed E-state index contributed by atoms with van der Waals surface area (Å²) in [4.78, 5) is 34.9. The van der Waals surface area contributed by atoms with Gasteiger partial charge in [0.15, 0.2) is 0 Å². The lowest BCUT2D eigenvalue weighted by molar-refractivity contribution is -0.128. The van der Waals surface area contributed by atoms with Gasteiger partial charge in [-0.1, -0.05) is 42.4 Å². The van der Waals surface area contributed by atoms with Gasteiger partial charge in [-0.05, 0) is 63.4 Å². The van der Waals surface area contributed by atoms with Crippen LogP contribution in [0.2, 0.25) is 5.02 Å². The van der Waals surface area contributed by atoms with Crippen LogP contribution in [0.5, 0.6) is 6.01 Å². The van der Waals surface area contributed by atoms with Crippen LogP contribution in [0.25, 0.3) is 15.6 Å². The largest absolute Gasteiger partial charge is 0.458 e. The van der Waals surface area contributed by atoms with Gasteiger partial charge in [-0.3, -0.25) is 4.79 Å². The van der Waals surface area contributed by atoms with Gasteiger partial charge in [0.2, 0.25) is 12.5 Å². The van der Waals surface area contributed by atoms with Crippen molar-refractivity contribution in [1.82, 2.24) is 19.8 Å². The lowest BCUT2D eigenvalue weighted by atomic mass is 10.0. The van der Waals surface area contributed by atoms with Gasteiger partial charge in [-0.2, -0.15) is 9.97 Å². The van der Waals surface area contributed by atoms with Crippen molar-refractivity contribution in [1.29, 1.82) is 0 Å². The molecule has 3 atom stereocenters. The van der Waals surface area contributed by atoms with Crippen molar-refractivity contribution in [3.63, 3.8) is 0 Å². The van der Waals surface area contributed by atoms with Crippen molar-refractivity contribution in [2.45, 2.75) is 50.4 Å². The summed E-state index contributed by atoms with van der Waals surface area (Å²) in [7, 11) is 4.19. The molecule has 10 heteroatoms. The summed E-state index contributed by atoms with van der Waals surface area (Å²) >= 11 is 6.71. The first-order chi connectivity index (χ1) is 20.9. The predicted octanol–water partition coefficient (Wildman–Crippen LogP) is 4.83. The van der Waals surface area contributed by atoms with Crippen LogP contribution < -0.4 is 14.5 Å². The second-order valence-electron chi connectivity index (χ2n) is 11.8. The average molecular weight is 600 g/mol. The van der Waals surface area contributed by atoms with Crippen LogP contribution in [0.1, 0.15) is 30.5 Å². The van der Waals surface area contributed by atoms with Crippen LogP contribution in [0.15, 0.2) is 49.1 Å². The number of nitrogens with zero attached hydrogens (tertiary/aromatic N) is 7. The summed E-state index contributed by atoms with van der Waals surface area (Å²) in [6, 6.07) is 12.8. The van der Waals surface area contributed by atoms with Gasteiger partial charge < -0.3 is 29.2 Å². The second-order valence-corrected chi connectivity index (χ2v) is 12.2. The number of anilines is 2. The molecule has 0 N–H and O–H groups in total. The molecule has 3 heterocycles. The number of rotatable bonds is 7. The zero-order valence-corrected chi connectivity index (χ0v) is 25.6. The zero-order valence-electron chi connectivity index (χ0n) is 24.9. The van der Waals surface area contributed by atoms with E-state index in [1.165, 1.54) is 6.08 Å². The van der Waals surface area contributed by atoms with E-state index in [2.05, 4.69) is 64.5 Å². The lowest BCUT2D eigenvalue weighted by Gasteiger charge is -2.41. The highest BCUT2D eigenvalue weighted by molar-refractivity contribution is 6.36. The van der Waals surface area contributed by atoms with Crippen molar-refractivity contribution in [2.75, 3.05) is 56.6 Å². The third kappa shape index (κ3) is 5.74. The van der Waals surface area contributed by atoms with Gasteiger partial charge in [-0.25, -0.2) is 6.57 Å². The Morgan fingerprint density at radius 2 is 1.98 bits per heavy atom. The van der Waals surface area contributed by atoms with Crippen LogP contribution in [0.4, 0.5) is 11.5 Å². The van der Waals surface area contributed by atoms with Crippen LogP contribution in [-0.2, 0) is 17.8 Å². The van der Waals surface area contributed by atoms with E-state index in [4.69, 9.17) is 32.9 Å². The fourth-order valence-electron chi connectivity index (χ4n) is 6.93. The summed E-state index contributed by atoms with van der Waals surface area (Å²) in [5, 5.41) is 2.89. The van der Waals surface area contributed by atoms with Crippen LogP contribution in [0, 0.1) is 6.57 Å². The standard InChI is InChI=1S/C33H38ClN7O2/c1-5-30(42)41-18-17-40(20-23(41)19-35-2)32-24-15-16-39(28-13-7-10-22-9-6-11-25(34)31(22)28)21-26(24)36-33(37-32)43-29-14-8-12-27(29)38(3)4/h5-7,9-11,13,23,27,29H,1,8,12,14-21H2,3-4H3/t23?,27-,29-/m1/s1. The number of amides is 1. The van der Waals surface area contributed by atoms with Crippen LogP contribution >= 0.6 is 11.6 Å². The molecule has 1 saturated carbocycles. The van der Waals surface area contributed by atoms with E-state index in [9.17, 15) is 4.79 Å². The summed E-state index contributed by atoms with van der Waals surface area (Å²) < 4.78 is 6.57. The molecule has 2 aliphatic heterocycles. The molecule has 1 aromatic heterocycles. The van der Waals surface area contributed by atoms with Gasteiger partial charge >= 0.3 is 6.01 Å². The van der Waals surface area contributed by atoms with Crippen molar-refractivity contribution in [3.05, 3.63) is 76.8 Å². The Kier molecular flexibility index (Phi) is 8.42. The minimum atomic E-state index is -0.238. The van der Waals surface area contributed by atoms with Gasteiger partial charge in [0, 0.05) is 48.9 Å². The van der Waals surface area contributed by atoms with E-state index in [1.807, 2.05) is 12.1 Å². The van der Waals surface area contributed by atoms with E-state index in [0.29, 0.717) is 38.2 Å². The molecule has 1 unspecified atom stereocenters. The number of ether oxygens (including phenoxy) is 1. The van der Waals surface area contributed by atoms with E-state index < -0.39 is 0 Å². The van der Waals surface area contributed by atoms with E-state index in [0.717, 1.165) is 70.8 Å². The third-order valence-corrected chi connectivity index (χ3v) is 9.39. The zero-order chi connectivity index (χ0) is 30.1. The summed E-state index contributed by atoms with van der Waals surface area (Å²) in [6.45, 7) is 14.5. The molecule has 2 aromatic carbocycles. The number of hydrogen-bond donors (Lipinski definition) is 0. The molecular formula is C33H38ClN7O2. The molecule has 2 fully saturated rings. The number of hydrogen-bond acceptors (Lipinski definition) is 7. The number of likely N-dealkylation sites (N-methyl/N-ethyl adjacent to an activating group) is 1. The van der Waals surface area contributed by atoms with Crippen molar-refractivity contribution in [3.8, 4) is 6.01 Å². The van der Waals surface area contributed by atoms with Gasteiger partial charge in [0.05, 0.1) is 17.3 Å². The highest BCUT2D eigenvalue weighted by Crippen LogP contribution is 2.38. The highest BCUT2D eigenvalue weighted by Gasteiger charge is 2.36. The molecule has 9 nitrogen and oxygen atoms in total. The Balaban J connectivity index is 1.37. The number of carbonyl (C=O) groups is 1. The van der Waals surface area contributed by atoms with Gasteiger partial charge in [0.25, 0.3) is 0 Å². The minimum Gasteiger partial charge on any atom is -0.458 e. The fraction of sp³-hybridized carbons (Fsp3) is 0.455. The third-order valence-electron chi connectivity index (χ3n) is 9.08. The molecule has 3 aliphatic rings. The maximum Gasteiger partial charge on any atom is 0.319 e. The normalized spacial score (nSPS) is 22.0. The topological polar surface area (TPSA) is 69.4 Å². The quantitative estimate of drug-likeness (QED) is 0.285. The second kappa shape index (κ2) is 12.4. The Morgan fingerprint density at radius 1 is 1.16 bits per heavy atom. The van der Waals surface area contributed by atoms with Crippen LogP contribution in [-0.4, -0.2) is 90.7 Å². The first kappa shape index (κ1) is 29.2. The Bertz CT molecular complexity index is 1570. The molecule has 43 heavy (non-hydrogen) atoms. The average Bonchev–Trinajstić information content (AvgIpc) is 3.48. The molecule has 224 valence electrons. The summed E-state index contributed by atoms with van der Waals surface area (Å²) in [5.41, 5.74) is 3.14. The maximum absolute atomic E-state index is 12.6. The SMILES string of the molecule is [C-]#[N+]CC1CN(c2nc(O[C@@H]3CCC[C@H]3N(C)C)nc3c2CCN(c2cccc4cccc(Cl)c24)C3)CCN1C(=O)C=C. The maximum atomic E-state index is 12.6. The first-order valence-electron chi connectivity index (χ1n) is 15.0. The number of halogens is 1. The monoisotopic (exact) mass is 599 g/mol. The molecule has 3 aromatic rings. The van der Waals surface area contributed by atoms with E-state index >= 15 is 0 Å². The molecule has 0 radical (unpaired) electrons. The molecule has 6 rings (SSSR count). The van der Waals surface area contributed by atoms with Crippen molar-refractivity contribution >= 4 is 39.8 Å². The highest BCUT2D eigenvalue weighted by atomic mass is 35.5. The predicted molar refractivity (Wildman–Crippen MR) is 171 cm³/mol. The van der Waals surface area contributed by atoms with E-state index in [1.54, 1.807) is 4.90 Å². The minimum absolute atomic E-state index is 0.0226. The van der Waals surface area contributed by atoms with Crippen molar-refractivity contribution < 1.29 is 9.53 Å². The Labute approximate surface area is 258 Å². The summed E-state index contributed by atoms with van der Waals surface area (Å²) in [6.07, 6.45) is 5.28. The lowest BCUT2D eigenvalue weighted by Crippen LogP contribution is -2.56. The molecule has 1 amide bonds. The Hall–Kier alpha value is -3.87. The number of benzene rings is 2.